The first kappa shape index (κ1) is 12.0. The predicted molar refractivity (Wildman–Crippen MR) is 61.7 cm³/mol. The maximum absolute atomic E-state index is 10.8. The maximum atomic E-state index is 10.8. The molecule has 0 aromatic heterocycles. The summed E-state index contributed by atoms with van der Waals surface area (Å²) in [4.78, 5) is 10.8. The summed E-state index contributed by atoms with van der Waals surface area (Å²) in [5, 5.41) is 8.88. The van der Waals surface area contributed by atoms with Crippen LogP contribution in [0.4, 0.5) is 0 Å². The summed E-state index contributed by atoms with van der Waals surface area (Å²) in [7, 11) is 0. The third-order valence-electron chi connectivity index (χ3n) is 3.34. The molecule has 0 saturated heterocycles. The van der Waals surface area contributed by atoms with E-state index in [2.05, 4.69) is 26.8 Å². The highest BCUT2D eigenvalue weighted by atomic mass is 16.4. The molecule has 1 rings (SSSR count). The highest BCUT2D eigenvalue weighted by Gasteiger charge is 2.31. The van der Waals surface area contributed by atoms with Crippen molar-refractivity contribution in [3.63, 3.8) is 0 Å². The molecule has 2 heteroatoms. The zero-order chi connectivity index (χ0) is 11.6. The van der Waals surface area contributed by atoms with E-state index in [0.717, 1.165) is 12.8 Å². The lowest BCUT2D eigenvalue weighted by Crippen LogP contribution is -2.27. The lowest BCUT2D eigenvalue weighted by molar-refractivity contribution is -0.132. The Morgan fingerprint density at radius 3 is 2.67 bits per heavy atom. The third-order valence-corrected chi connectivity index (χ3v) is 3.34. The zero-order valence-electron chi connectivity index (χ0n) is 10.0. The Morgan fingerprint density at radius 1 is 1.60 bits per heavy atom. The minimum atomic E-state index is -0.816. The zero-order valence-corrected chi connectivity index (χ0v) is 10.0. The molecular formula is C13H20O2. The number of carbonyl (C=O) groups is 1. The number of aliphatic carboxylic acids is 1. The second-order valence-corrected chi connectivity index (χ2v) is 5.11. The van der Waals surface area contributed by atoms with Crippen molar-refractivity contribution in [2.75, 3.05) is 0 Å². The van der Waals surface area contributed by atoms with Crippen molar-refractivity contribution in [3.8, 4) is 0 Å². The highest BCUT2D eigenvalue weighted by molar-refractivity contribution is 5.85. The van der Waals surface area contributed by atoms with Crippen LogP contribution in [0.25, 0.3) is 0 Å². The minimum absolute atomic E-state index is 0.176. The SMILES string of the molecule is CC(=CC1C(C)=CCCC1(C)C)C(=O)O. The van der Waals surface area contributed by atoms with Gasteiger partial charge in [-0.05, 0) is 32.1 Å². The molecule has 0 amide bonds. The van der Waals surface area contributed by atoms with Gasteiger partial charge in [0.15, 0.2) is 0 Å². The summed E-state index contributed by atoms with van der Waals surface area (Å²) >= 11 is 0. The molecular weight excluding hydrogens is 188 g/mol. The third kappa shape index (κ3) is 2.71. The fourth-order valence-electron chi connectivity index (χ4n) is 2.25. The van der Waals surface area contributed by atoms with Crippen LogP contribution in [0.3, 0.4) is 0 Å². The van der Waals surface area contributed by atoms with Crippen LogP contribution in [0.5, 0.6) is 0 Å². The second-order valence-electron chi connectivity index (χ2n) is 5.11. The molecule has 0 aliphatic heterocycles. The van der Waals surface area contributed by atoms with Crippen LogP contribution < -0.4 is 0 Å². The van der Waals surface area contributed by atoms with Crippen molar-refractivity contribution in [1.82, 2.24) is 0 Å². The fraction of sp³-hybridized carbons (Fsp3) is 0.615. The lowest BCUT2D eigenvalue weighted by Gasteiger charge is -2.37. The van der Waals surface area contributed by atoms with Gasteiger partial charge in [0.2, 0.25) is 0 Å². The van der Waals surface area contributed by atoms with Gasteiger partial charge in [0.1, 0.15) is 0 Å². The van der Waals surface area contributed by atoms with Crippen molar-refractivity contribution in [2.45, 2.75) is 40.5 Å². The Hall–Kier alpha value is -1.05. The van der Waals surface area contributed by atoms with Crippen LogP contribution in [-0.2, 0) is 4.79 Å². The molecule has 1 aliphatic rings. The van der Waals surface area contributed by atoms with E-state index in [4.69, 9.17) is 5.11 Å². The lowest BCUT2D eigenvalue weighted by atomic mass is 9.68. The van der Waals surface area contributed by atoms with E-state index < -0.39 is 5.97 Å². The molecule has 84 valence electrons. The van der Waals surface area contributed by atoms with Crippen LogP contribution in [0.1, 0.15) is 40.5 Å². The molecule has 1 atom stereocenters. The summed E-state index contributed by atoms with van der Waals surface area (Å²) in [6.45, 7) is 8.18. The average Bonchev–Trinajstić information content (AvgIpc) is 2.10. The summed E-state index contributed by atoms with van der Waals surface area (Å²) in [6.07, 6.45) is 6.35. The Morgan fingerprint density at radius 2 is 2.20 bits per heavy atom. The Bertz CT molecular complexity index is 321. The standard InChI is InChI=1S/C13H20O2/c1-9-6-5-7-13(3,4)11(9)8-10(2)12(14)15/h6,8,11H,5,7H2,1-4H3,(H,14,15). The molecule has 0 fully saturated rings. The van der Waals surface area contributed by atoms with E-state index in [9.17, 15) is 4.79 Å². The van der Waals surface area contributed by atoms with Crippen molar-refractivity contribution in [1.29, 1.82) is 0 Å². The smallest absolute Gasteiger partial charge is 0.330 e. The van der Waals surface area contributed by atoms with Crippen molar-refractivity contribution < 1.29 is 9.90 Å². The first-order valence-electron chi connectivity index (χ1n) is 5.43. The number of hydrogen-bond acceptors (Lipinski definition) is 1. The molecule has 0 spiro atoms. The van der Waals surface area contributed by atoms with Gasteiger partial charge in [0, 0.05) is 11.5 Å². The Kier molecular flexibility index (Phi) is 3.38. The first-order valence-corrected chi connectivity index (χ1v) is 5.43. The van der Waals surface area contributed by atoms with Gasteiger partial charge in [-0.2, -0.15) is 0 Å². The normalized spacial score (nSPS) is 26.0. The van der Waals surface area contributed by atoms with Crippen LogP contribution in [0, 0.1) is 11.3 Å². The van der Waals surface area contributed by atoms with Crippen molar-refractivity contribution in [2.24, 2.45) is 11.3 Å². The number of hydrogen-bond donors (Lipinski definition) is 1. The van der Waals surface area contributed by atoms with E-state index >= 15 is 0 Å². The highest BCUT2D eigenvalue weighted by Crippen LogP contribution is 2.41. The van der Waals surface area contributed by atoms with Crippen LogP contribution >= 0.6 is 0 Å². The fourth-order valence-corrected chi connectivity index (χ4v) is 2.25. The van der Waals surface area contributed by atoms with E-state index in [1.54, 1.807) is 6.92 Å². The van der Waals surface area contributed by atoms with E-state index in [1.165, 1.54) is 5.57 Å². The summed E-state index contributed by atoms with van der Waals surface area (Å²) in [5.74, 6) is -0.550. The number of rotatable bonds is 2. The van der Waals surface area contributed by atoms with E-state index in [-0.39, 0.29) is 11.3 Å². The van der Waals surface area contributed by atoms with Gasteiger partial charge < -0.3 is 5.11 Å². The molecule has 0 radical (unpaired) electrons. The van der Waals surface area contributed by atoms with Crippen molar-refractivity contribution >= 4 is 5.97 Å². The van der Waals surface area contributed by atoms with Gasteiger partial charge >= 0.3 is 5.97 Å². The number of carboxylic acids is 1. The molecule has 0 aromatic rings. The minimum Gasteiger partial charge on any atom is -0.478 e. The molecule has 2 nitrogen and oxygen atoms in total. The van der Waals surface area contributed by atoms with Gasteiger partial charge in [-0.15, -0.1) is 0 Å². The molecule has 1 N–H and O–H groups in total. The van der Waals surface area contributed by atoms with Gasteiger partial charge in [-0.1, -0.05) is 31.6 Å². The first-order chi connectivity index (χ1) is 6.84. The van der Waals surface area contributed by atoms with Gasteiger partial charge in [-0.25, -0.2) is 4.79 Å². The van der Waals surface area contributed by atoms with Crippen LogP contribution in [0.2, 0.25) is 0 Å². The molecule has 15 heavy (non-hydrogen) atoms. The molecule has 0 bridgehead atoms. The van der Waals surface area contributed by atoms with E-state index in [1.807, 2.05) is 6.08 Å². The Balaban J connectivity index is 3.00. The molecule has 1 aliphatic carbocycles. The largest absolute Gasteiger partial charge is 0.478 e. The maximum Gasteiger partial charge on any atom is 0.330 e. The van der Waals surface area contributed by atoms with Gasteiger partial charge in [0.25, 0.3) is 0 Å². The quantitative estimate of drug-likeness (QED) is 0.558. The summed E-state index contributed by atoms with van der Waals surface area (Å²) in [5.41, 5.74) is 1.92. The number of carboxylic acid groups (broad SMARTS) is 1. The summed E-state index contributed by atoms with van der Waals surface area (Å²) in [6, 6.07) is 0. The Labute approximate surface area is 91.7 Å². The van der Waals surface area contributed by atoms with Crippen molar-refractivity contribution in [3.05, 3.63) is 23.3 Å². The number of allylic oxidation sites excluding steroid dienone is 3. The molecule has 0 aromatic carbocycles. The second kappa shape index (κ2) is 4.21. The topological polar surface area (TPSA) is 37.3 Å². The molecule has 0 saturated carbocycles. The van der Waals surface area contributed by atoms with Gasteiger partial charge in [0.05, 0.1) is 0 Å². The van der Waals surface area contributed by atoms with Gasteiger partial charge in [-0.3, -0.25) is 0 Å². The molecule has 0 heterocycles. The monoisotopic (exact) mass is 208 g/mol. The van der Waals surface area contributed by atoms with Crippen LogP contribution in [0.15, 0.2) is 23.3 Å². The average molecular weight is 208 g/mol. The molecule has 1 unspecified atom stereocenters. The van der Waals surface area contributed by atoms with Crippen LogP contribution in [-0.4, -0.2) is 11.1 Å². The summed E-state index contributed by atoms with van der Waals surface area (Å²) < 4.78 is 0. The van der Waals surface area contributed by atoms with E-state index in [0.29, 0.717) is 5.57 Å². The predicted octanol–water partition coefficient (Wildman–Crippen LogP) is 3.40.